The van der Waals surface area contributed by atoms with E-state index in [-0.39, 0.29) is 11.8 Å². The van der Waals surface area contributed by atoms with Crippen LogP contribution in [0, 0.1) is 0 Å². The van der Waals surface area contributed by atoms with Gasteiger partial charge in [-0.1, -0.05) is 66.2 Å². The maximum atomic E-state index is 13.1. The van der Waals surface area contributed by atoms with E-state index in [1.807, 2.05) is 12.1 Å². The van der Waals surface area contributed by atoms with Crippen molar-refractivity contribution in [3.63, 3.8) is 0 Å². The number of amides is 1. The third-order valence-electron chi connectivity index (χ3n) is 6.79. The zero-order valence-electron chi connectivity index (χ0n) is 20.3. The highest BCUT2D eigenvalue weighted by Crippen LogP contribution is 2.35. The van der Waals surface area contributed by atoms with Crippen molar-refractivity contribution in [2.24, 2.45) is 0 Å². The number of nitrogens with one attached hydrogen (secondary N) is 1. The summed E-state index contributed by atoms with van der Waals surface area (Å²) in [5, 5.41) is 4.72. The van der Waals surface area contributed by atoms with Crippen molar-refractivity contribution in [1.29, 1.82) is 0 Å². The Hall–Kier alpha value is -3.19. The fraction of sp³-hybridized carbons (Fsp3) is 0.310. The Balaban J connectivity index is 1.41. The maximum absolute atomic E-state index is 13.1. The van der Waals surface area contributed by atoms with Crippen molar-refractivity contribution in [1.82, 2.24) is 19.8 Å². The van der Waals surface area contributed by atoms with E-state index in [9.17, 15) is 4.79 Å². The molecule has 4 aromatic rings. The van der Waals surface area contributed by atoms with E-state index in [4.69, 9.17) is 16.3 Å². The molecular weight excluding hydrogens is 472 g/mol. The number of halogens is 1. The summed E-state index contributed by atoms with van der Waals surface area (Å²) >= 11 is 6.09. The van der Waals surface area contributed by atoms with E-state index in [0.717, 1.165) is 61.4 Å². The summed E-state index contributed by atoms with van der Waals surface area (Å²) in [6, 6.07) is 22.6. The van der Waals surface area contributed by atoms with Crippen LogP contribution in [-0.4, -0.2) is 59.8 Å². The van der Waals surface area contributed by atoms with Gasteiger partial charge in [0.25, 0.3) is 0 Å². The van der Waals surface area contributed by atoms with Gasteiger partial charge in [0, 0.05) is 68.4 Å². The summed E-state index contributed by atoms with van der Waals surface area (Å²) in [5.74, 6) is -0.108. The molecule has 7 heteroatoms. The minimum absolute atomic E-state index is 0.0306. The number of aromatic nitrogens is 2. The monoisotopic (exact) mass is 502 g/mol. The number of hydrogen-bond donors (Lipinski definition) is 1. The molecule has 1 unspecified atom stereocenters. The number of carbonyl (C=O) groups is 1. The molecule has 186 valence electrons. The third-order valence-corrected chi connectivity index (χ3v) is 7.01. The summed E-state index contributed by atoms with van der Waals surface area (Å²) in [6.07, 6.45) is 4.32. The molecule has 2 aromatic heterocycles. The summed E-state index contributed by atoms with van der Waals surface area (Å²) in [4.78, 5) is 19.8. The van der Waals surface area contributed by atoms with Crippen LogP contribution >= 0.6 is 11.6 Å². The Morgan fingerprint density at radius 3 is 2.58 bits per heavy atom. The Labute approximate surface area is 216 Å². The number of benzene rings is 2. The molecule has 1 aliphatic heterocycles. The second-order valence-electron chi connectivity index (χ2n) is 9.19. The van der Waals surface area contributed by atoms with E-state index in [1.54, 1.807) is 12.3 Å². The van der Waals surface area contributed by atoms with Crippen LogP contribution in [0.3, 0.4) is 0 Å². The van der Waals surface area contributed by atoms with Crippen LogP contribution in [0.15, 0.2) is 79.1 Å². The van der Waals surface area contributed by atoms with Crippen molar-refractivity contribution in [2.45, 2.75) is 18.9 Å². The van der Waals surface area contributed by atoms with Gasteiger partial charge < -0.3 is 14.6 Å². The Morgan fingerprint density at radius 1 is 1.03 bits per heavy atom. The molecule has 1 saturated heterocycles. The van der Waals surface area contributed by atoms with Crippen LogP contribution < -0.4 is 5.32 Å². The quantitative estimate of drug-likeness (QED) is 0.337. The van der Waals surface area contributed by atoms with Crippen LogP contribution in [0.2, 0.25) is 5.15 Å². The molecule has 0 aliphatic carbocycles. The number of nitrogens with zero attached hydrogens (tertiary/aromatic N) is 3. The third kappa shape index (κ3) is 5.95. The SMILES string of the molecule is O=C(CC(c1ccc(Cl)nc1)c1cn(Cc2ccccc2)c2ccccc12)NCCN1CCOCC1. The number of rotatable bonds is 9. The summed E-state index contributed by atoms with van der Waals surface area (Å²) in [5.41, 5.74) is 4.48. The van der Waals surface area contributed by atoms with Crippen LogP contribution in [0.25, 0.3) is 10.9 Å². The Kier molecular flexibility index (Phi) is 7.96. The molecule has 1 fully saturated rings. The van der Waals surface area contributed by atoms with Crippen LogP contribution in [0.5, 0.6) is 0 Å². The lowest BCUT2D eigenvalue weighted by Gasteiger charge is -2.26. The van der Waals surface area contributed by atoms with Gasteiger partial charge in [-0.2, -0.15) is 0 Å². The lowest BCUT2D eigenvalue weighted by atomic mass is 9.89. The Bertz CT molecular complexity index is 1280. The summed E-state index contributed by atoms with van der Waals surface area (Å²) < 4.78 is 7.68. The van der Waals surface area contributed by atoms with E-state index >= 15 is 0 Å². The van der Waals surface area contributed by atoms with Gasteiger partial charge in [-0.05, 0) is 28.8 Å². The molecule has 0 spiro atoms. The van der Waals surface area contributed by atoms with Gasteiger partial charge in [0.1, 0.15) is 5.15 Å². The molecular formula is C29H31ClN4O2. The Morgan fingerprint density at radius 2 is 1.81 bits per heavy atom. The number of para-hydroxylation sites is 1. The molecule has 1 N–H and O–H groups in total. The van der Waals surface area contributed by atoms with E-state index in [2.05, 4.69) is 74.5 Å². The molecule has 3 heterocycles. The molecule has 0 saturated carbocycles. The highest BCUT2D eigenvalue weighted by molar-refractivity contribution is 6.29. The molecule has 0 radical (unpaired) electrons. The second-order valence-corrected chi connectivity index (χ2v) is 9.58. The smallest absolute Gasteiger partial charge is 0.220 e. The molecule has 1 aliphatic rings. The number of ether oxygens (including phenoxy) is 1. The number of hydrogen-bond acceptors (Lipinski definition) is 4. The molecule has 36 heavy (non-hydrogen) atoms. The number of fused-ring (bicyclic) bond motifs is 1. The van der Waals surface area contributed by atoms with Gasteiger partial charge in [0.05, 0.1) is 13.2 Å². The molecule has 0 bridgehead atoms. The lowest BCUT2D eigenvalue weighted by Crippen LogP contribution is -2.41. The number of morpholine rings is 1. The topological polar surface area (TPSA) is 59.4 Å². The van der Waals surface area contributed by atoms with Crippen LogP contribution in [0.4, 0.5) is 0 Å². The first-order valence-electron chi connectivity index (χ1n) is 12.5. The zero-order chi connectivity index (χ0) is 24.7. The number of pyridine rings is 1. The van der Waals surface area contributed by atoms with Gasteiger partial charge in [-0.25, -0.2) is 4.98 Å². The molecule has 5 rings (SSSR count). The standard InChI is InChI=1S/C29H31ClN4O2/c30-28-11-10-23(19-32-28)25(18-29(35)31-12-13-33-14-16-36-17-15-33)26-21-34(20-22-6-2-1-3-7-22)27-9-5-4-8-24(26)27/h1-11,19,21,25H,12-18,20H2,(H,31,35). The van der Waals surface area contributed by atoms with Crippen molar-refractivity contribution >= 4 is 28.4 Å². The van der Waals surface area contributed by atoms with E-state index < -0.39 is 0 Å². The van der Waals surface area contributed by atoms with Crippen molar-refractivity contribution in [3.8, 4) is 0 Å². The maximum Gasteiger partial charge on any atom is 0.220 e. The van der Waals surface area contributed by atoms with Gasteiger partial charge in [-0.15, -0.1) is 0 Å². The number of carbonyl (C=O) groups excluding carboxylic acids is 1. The normalized spacial score (nSPS) is 15.1. The van der Waals surface area contributed by atoms with Gasteiger partial charge in [0.2, 0.25) is 5.91 Å². The molecule has 1 amide bonds. The van der Waals surface area contributed by atoms with E-state index in [0.29, 0.717) is 18.1 Å². The van der Waals surface area contributed by atoms with Crippen molar-refractivity contribution in [2.75, 3.05) is 39.4 Å². The van der Waals surface area contributed by atoms with Crippen molar-refractivity contribution < 1.29 is 9.53 Å². The first-order valence-corrected chi connectivity index (χ1v) is 12.8. The molecule has 6 nitrogen and oxygen atoms in total. The minimum Gasteiger partial charge on any atom is -0.379 e. The van der Waals surface area contributed by atoms with Crippen LogP contribution in [0.1, 0.15) is 29.0 Å². The van der Waals surface area contributed by atoms with E-state index in [1.165, 1.54) is 5.56 Å². The highest BCUT2D eigenvalue weighted by atomic mass is 35.5. The minimum atomic E-state index is -0.139. The summed E-state index contributed by atoms with van der Waals surface area (Å²) in [6.45, 7) is 5.56. The lowest BCUT2D eigenvalue weighted by molar-refractivity contribution is -0.121. The molecule has 2 aromatic carbocycles. The zero-order valence-corrected chi connectivity index (χ0v) is 21.0. The van der Waals surface area contributed by atoms with Crippen molar-refractivity contribution in [3.05, 3.63) is 101 Å². The second kappa shape index (κ2) is 11.7. The first-order chi connectivity index (χ1) is 17.7. The molecule has 1 atom stereocenters. The first kappa shape index (κ1) is 24.5. The van der Waals surface area contributed by atoms with Gasteiger partial charge in [-0.3, -0.25) is 9.69 Å². The highest BCUT2D eigenvalue weighted by Gasteiger charge is 2.23. The predicted molar refractivity (Wildman–Crippen MR) is 143 cm³/mol. The van der Waals surface area contributed by atoms with Crippen LogP contribution in [-0.2, 0) is 16.1 Å². The average Bonchev–Trinajstić information content (AvgIpc) is 3.27. The fourth-order valence-electron chi connectivity index (χ4n) is 4.90. The van der Waals surface area contributed by atoms with Gasteiger partial charge >= 0.3 is 0 Å². The summed E-state index contributed by atoms with van der Waals surface area (Å²) in [7, 11) is 0. The average molecular weight is 503 g/mol. The van der Waals surface area contributed by atoms with Gasteiger partial charge in [0.15, 0.2) is 0 Å². The largest absolute Gasteiger partial charge is 0.379 e. The fourth-order valence-corrected chi connectivity index (χ4v) is 5.01. The predicted octanol–water partition coefficient (Wildman–Crippen LogP) is 4.71.